The van der Waals surface area contributed by atoms with Gasteiger partial charge in [0, 0.05) is 0 Å². The number of aldehydes is 1. The molecule has 0 aromatic heterocycles. The number of hydrogen-bond donors (Lipinski definition) is 0. The van der Waals surface area contributed by atoms with Crippen molar-refractivity contribution in [3.8, 4) is 16.9 Å². The zero-order chi connectivity index (χ0) is 13.9. The molecule has 0 saturated heterocycles. The lowest BCUT2D eigenvalue weighted by molar-refractivity contribution is 0.112. The Kier molecular flexibility index (Phi) is 3.86. The molecule has 2 aromatic carbocycles. The first-order valence-electron chi connectivity index (χ1n) is 6.33. The van der Waals surface area contributed by atoms with Gasteiger partial charge in [0.2, 0.25) is 8.32 Å². The van der Waals surface area contributed by atoms with E-state index < -0.39 is 8.32 Å². The van der Waals surface area contributed by atoms with Crippen LogP contribution in [0.5, 0.6) is 5.75 Å². The highest BCUT2D eigenvalue weighted by molar-refractivity contribution is 6.70. The first-order chi connectivity index (χ1) is 8.99. The molecule has 0 aliphatic rings. The quantitative estimate of drug-likeness (QED) is 0.609. The third kappa shape index (κ3) is 3.55. The van der Waals surface area contributed by atoms with Crippen LogP contribution in [0.1, 0.15) is 10.4 Å². The SMILES string of the molecule is C[Si](C)(C)Oc1cc(-c2ccccc2)ccc1C=O. The molecule has 2 nitrogen and oxygen atoms in total. The zero-order valence-corrected chi connectivity index (χ0v) is 12.5. The third-order valence-corrected chi connectivity index (χ3v) is 3.50. The highest BCUT2D eigenvalue weighted by Gasteiger charge is 2.18. The van der Waals surface area contributed by atoms with Crippen LogP contribution in [-0.2, 0) is 0 Å². The normalized spacial score (nSPS) is 11.1. The maximum Gasteiger partial charge on any atom is 0.242 e. The van der Waals surface area contributed by atoms with Crippen molar-refractivity contribution in [1.29, 1.82) is 0 Å². The molecule has 2 rings (SSSR count). The Labute approximate surface area is 115 Å². The third-order valence-electron chi connectivity index (χ3n) is 2.66. The van der Waals surface area contributed by atoms with Crippen molar-refractivity contribution in [2.45, 2.75) is 19.6 Å². The molecule has 0 saturated carbocycles. The van der Waals surface area contributed by atoms with Gasteiger partial charge < -0.3 is 4.43 Å². The zero-order valence-electron chi connectivity index (χ0n) is 11.5. The van der Waals surface area contributed by atoms with Gasteiger partial charge in [-0.25, -0.2) is 0 Å². The average Bonchev–Trinajstić information content (AvgIpc) is 2.38. The van der Waals surface area contributed by atoms with Crippen LogP contribution in [0.25, 0.3) is 11.1 Å². The molecular formula is C16H18O2Si. The van der Waals surface area contributed by atoms with E-state index in [1.165, 1.54) is 0 Å². The fourth-order valence-electron chi connectivity index (χ4n) is 1.86. The molecule has 0 unspecified atom stereocenters. The molecule has 0 heterocycles. The molecule has 0 N–H and O–H groups in total. The summed E-state index contributed by atoms with van der Waals surface area (Å²) in [7, 11) is -1.73. The van der Waals surface area contributed by atoms with Gasteiger partial charge in [-0.2, -0.15) is 0 Å². The van der Waals surface area contributed by atoms with E-state index in [2.05, 4.69) is 19.6 Å². The summed E-state index contributed by atoms with van der Waals surface area (Å²) in [4.78, 5) is 11.1. The molecule has 0 radical (unpaired) electrons. The highest BCUT2D eigenvalue weighted by Crippen LogP contribution is 2.28. The van der Waals surface area contributed by atoms with Crippen LogP contribution in [0.15, 0.2) is 48.5 Å². The molecule has 0 atom stereocenters. The Morgan fingerprint density at radius 3 is 2.21 bits per heavy atom. The van der Waals surface area contributed by atoms with Gasteiger partial charge in [-0.3, -0.25) is 4.79 Å². The van der Waals surface area contributed by atoms with Gasteiger partial charge in [0.15, 0.2) is 6.29 Å². The monoisotopic (exact) mass is 270 g/mol. The van der Waals surface area contributed by atoms with E-state index in [-0.39, 0.29) is 0 Å². The van der Waals surface area contributed by atoms with Crippen molar-refractivity contribution in [2.75, 3.05) is 0 Å². The number of hydrogen-bond acceptors (Lipinski definition) is 2. The van der Waals surface area contributed by atoms with Gasteiger partial charge in [0.05, 0.1) is 5.56 Å². The molecule has 0 amide bonds. The lowest BCUT2D eigenvalue weighted by Gasteiger charge is -2.21. The Hall–Kier alpha value is -1.87. The maximum absolute atomic E-state index is 11.1. The van der Waals surface area contributed by atoms with E-state index in [0.717, 1.165) is 17.4 Å². The minimum Gasteiger partial charge on any atom is -0.544 e. The van der Waals surface area contributed by atoms with E-state index in [9.17, 15) is 4.79 Å². The van der Waals surface area contributed by atoms with Crippen LogP contribution in [0.3, 0.4) is 0 Å². The van der Waals surface area contributed by atoms with Gasteiger partial charge in [0.25, 0.3) is 0 Å². The Morgan fingerprint density at radius 2 is 1.63 bits per heavy atom. The van der Waals surface area contributed by atoms with Gasteiger partial charge in [-0.15, -0.1) is 0 Å². The van der Waals surface area contributed by atoms with E-state index in [1.54, 1.807) is 0 Å². The second kappa shape index (κ2) is 5.41. The van der Waals surface area contributed by atoms with E-state index in [0.29, 0.717) is 11.3 Å². The van der Waals surface area contributed by atoms with Gasteiger partial charge in [0.1, 0.15) is 5.75 Å². The number of benzene rings is 2. The first kappa shape index (κ1) is 13.6. The van der Waals surface area contributed by atoms with Crippen LogP contribution >= 0.6 is 0 Å². The topological polar surface area (TPSA) is 26.3 Å². The van der Waals surface area contributed by atoms with Gasteiger partial charge >= 0.3 is 0 Å². The smallest absolute Gasteiger partial charge is 0.242 e. The van der Waals surface area contributed by atoms with Crippen LogP contribution < -0.4 is 4.43 Å². The fourth-order valence-corrected chi connectivity index (χ4v) is 2.70. The Bertz CT molecular complexity index is 571. The van der Waals surface area contributed by atoms with Crippen molar-refractivity contribution in [3.05, 3.63) is 54.1 Å². The molecule has 98 valence electrons. The minimum atomic E-state index is -1.73. The Balaban J connectivity index is 2.44. The van der Waals surface area contributed by atoms with Crippen molar-refractivity contribution in [2.24, 2.45) is 0 Å². The van der Waals surface area contributed by atoms with Crippen LogP contribution in [0, 0.1) is 0 Å². The summed E-state index contributed by atoms with van der Waals surface area (Å²) in [5, 5.41) is 0. The number of rotatable bonds is 4. The molecule has 0 aliphatic heterocycles. The van der Waals surface area contributed by atoms with Crippen LogP contribution in [0.2, 0.25) is 19.6 Å². The molecular weight excluding hydrogens is 252 g/mol. The predicted molar refractivity (Wildman–Crippen MR) is 81.2 cm³/mol. The first-order valence-corrected chi connectivity index (χ1v) is 9.74. The van der Waals surface area contributed by atoms with E-state index >= 15 is 0 Å². The molecule has 19 heavy (non-hydrogen) atoms. The fraction of sp³-hybridized carbons (Fsp3) is 0.188. The summed E-state index contributed by atoms with van der Waals surface area (Å²) in [6.45, 7) is 6.32. The minimum absolute atomic E-state index is 0.613. The van der Waals surface area contributed by atoms with Crippen molar-refractivity contribution in [3.63, 3.8) is 0 Å². The van der Waals surface area contributed by atoms with Crippen LogP contribution in [-0.4, -0.2) is 14.6 Å². The molecule has 2 aromatic rings. The second-order valence-electron chi connectivity index (χ2n) is 5.45. The Morgan fingerprint density at radius 1 is 0.947 bits per heavy atom. The highest BCUT2D eigenvalue weighted by atomic mass is 28.4. The van der Waals surface area contributed by atoms with Gasteiger partial charge in [-0.05, 0) is 42.9 Å². The summed E-state index contributed by atoms with van der Waals surface area (Å²) in [6.07, 6.45) is 0.851. The van der Waals surface area contributed by atoms with E-state index in [1.807, 2.05) is 48.5 Å². The molecule has 3 heteroatoms. The van der Waals surface area contributed by atoms with Crippen molar-refractivity contribution >= 4 is 14.6 Å². The molecule has 0 bridgehead atoms. The van der Waals surface area contributed by atoms with Crippen LogP contribution in [0.4, 0.5) is 0 Å². The lowest BCUT2D eigenvalue weighted by atomic mass is 10.0. The second-order valence-corrected chi connectivity index (χ2v) is 9.88. The standard InChI is InChI=1S/C16H18O2Si/c1-19(2,3)18-16-11-14(9-10-15(16)12-17)13-7-5-4-6-8-13/h4-12H,1-3H3. The summed E-state index contributed by atoms with van der Waals surface area (Å²) in [6, 6.07) is 15.8. The van der Waals surface area contributed by atoms with Crippen molar-refractivity contribution < 1.29 is 9.22 Å². The van der Waals surface area contributed by atoms with Gasteiger partial charge in [-0.1, -0.05) is 36.4 Å². The van der Waals surface area contributed by atoms with Crippen molar-refractivity contribution in [1.82, 2.24) is 0 Å². The lowest BCUT2D eigenvalue weighted by Crippen LogP contribution is -2.29. The number of carbonyl (C=O) groups excluding carboxylic acids is 1. The van der Waals surface area contributed by atoms with E-state index in [4.69, 9.17) is 4.43 Å². The summed E-state index contributed by atoms with van der Waals surface area (Å²) in [5.41, 5.74) is 2.81. The molecule has 0 spiro atoms. The number of carbonyl (C=O) groups is 1. The largest absolute Gasteiger partial charge is 0.544 e. The summed E-state index contributed by atoms with van der Waals surface area (Å²) < 4.78 is 5.99. The maximum atomic E-state index is 11.1. The molecule has 0 aliphatic carbocycles. The predicted octanol–water partition coefficient (Wildman–Crippen LogP) is 4.38. The summed E-state index contributed by atoms with van der Waals surface area (Å²) >= 11 is 0. The molecule has 0 fully saturated rings. The average molecular weight is 270 g/mol. The summed E-state index contributed by atoms with van der Waals surface area (Å²) in [5.74, 6) is 0.690.